The maximum atomic E-state index is 12.0. The second kappa shape index (κ2) is 6.17. The monoisotopic (exact) mass is 238 g/mol. The molecule has 1 N–H and O–H groups in total. The van der Waals surface area contributed by atoms with E-state index < -0.39 is 0 Å². The fraction of sp³-hybridized carbons (Fsp3) is 0.769. The number of hydrogen-bond donors (Lipinski definition) is 1. The standard InChI is InChI=1S/C13H22N2O2/c1-15(10-12-9-14-6-7-17-12)13(16)8-11-4-2-3-5-11/h2,4,11-12,14H,3,5-10H2,1H3. The molecule has 4 nitrogen and oxygen atoms in total. The molecule has 0 aromatic rings. The van der Waals surface area contributed by atoms with Gasteiger partial charge in [0.05, 0.1) is 12.7 Å². The number of morpholine rings is 1. The van der Waals surface area contributed by atoms with Crippen LogP contribution in [0.1, 0.15) is 19.3 Å². The van der Waals surface area contributed by atoms with Gasteiger partial charge in [0.15, 0.2) is 0 Å². The van der Waals surface area contributed by atoms with Gasteiger partial charge in [0.25, 0.3) is 0 Å². The molecule has 1 saturated heterocycles. The number of rotatable bonds is 4. The zero-order chi connectivity index (χ0) is 12.1. The molecule has 1 fully saturated rings. The third kappa shape index (κ3) is 3.82. The van der Waals surface area contributed by atoms with Crippen LogP contribution < -0.4 is 5.32 Å². The van der Waals surface area contributed by atoms with Crippen molar-refractivity contribution in [3.8, 4) is 0 Å². The van der Waals surface area contributed by atoms with Crippen LogP contribution in [0.2, 0.25) is 0 Å². The molecule has 2 rings (SSSR count). The van der Waals surface area contributed by atoms with Crippen molar-refractivity contribution in [1.29, 1.82) is 0 Å². The van der Waals surface area contributed by atoms with Crippen LogP contribution in [0.5, 0.6) is 0 Å². The minimum Gasteiger partial charge on any atom is -0.374 e. The Labute approximate surface area is 103 Å². The molecule has 4 heteroatoms. The number of nitrogens with one attached hydrogen (secondary N) is 1. The third-order valence-corrected chi connectivity index (χ3v) is 3.46. The fourth-order valence-electron chi connectivity index (χ4n) is 2.39. The van der Waals surface area contributed by atoms with Crippen LogP contribution in [-0.4, -0.2) is 50.2 Å². The van der Waals surface area contributed by atoms with Crippen molar-refractivity contribution in [3.63, 3.8) is 0 Å². The van der Waals surface area contributed by atoms with Gasteiger partial charge < -0.3 is 15.0 Å². The van der Waals surface area contributed by atoms with Crippen LogP contribution in [0.4, 0.5) is 0 Å². The zero-order valence-electron chi connectivity index (χ0n) is 10.5. The molecule has 17 heavy (non-hydrogen) atoms. The Morgan fingerprint density at radius 2 is 2.47 bits per heavy atom. The SMILES string of the molecule is CN(CC1CNCCO1)C(=O)CC1C=CCC1. The highest BCUT2D eigenvalue weighted by Crippen LogP contribution is 2.21. The van der Waals surface area contributed by atoms with E-state index >= 15 is 0 Å². The summed E-state index contributed by atoms with van der Waals surface area (Å²) in [6.07, 6.45) is 7.39. The van der Waals surface area contributed by atoms with E-state index in [0.717, 1.165) is 32.5 Å². The Balaban J connectivity index is 1.72. The van der Waals surface area contributed by atoms with Gasteiger partial charge in [-0.3, -0.25) is 4.79 Å². The molecule has 2 aliphatic rings. The molecule has 2 unspecified atom stereocenters. The number of nitrogens with zero attached hydrogens (tertiary/aromatic N) is 1. The molecule has 96 valence electrons. The minimum absolute atomic E-state index is 0.150. The van der Waals surface area contributed by atoms with Gasteiger partial charge in [0.1, 0.15) is 0 Å². The molecule has 1 aliphatic heterocycles. The van der Waals surface area contributed by atoms with E-state index in [9.17, 15) is 4.79 Å². The van der Waals surface area contributed by atoms with Crippen LogP contribution in [0.25, 0.3) is 0 Å². The molecule has 2 atom stereocenters. The lowest BCUT2D eigenvalue weighted by Gasteiger charge is -2.28. The highest BCUT2D eigenvalue weighted by Gasteiger charge is 2.21. The first-order chi connectivity index (χ1) is 8.25. The molecule has 0 radical (unpaired) electrons. The van der Waals surface area contributed by atoms with Gasteiger partial charge in [-0.05, 0) is 18.8 Å². The van der Waals surface area contributed by atoms with E-state index in [1.807, 2.05) is 11.9 Å². The first-order valence-corrected chi connectivity index (χ1v) is 6.48. The molecule has 0 aromatic heterocycles. The summed E-state index contributed by atoms with van der Waals surface area (Å²) in [7, 11) is 1.87. The molecule has 1 heterocycles. The molecule has 0 saturated carbocycles. The maximum absolute atomic E-state index is 12.0. The lowest BCUT2D eigenvalue weighted by atomic mass is 10.0. The van der Waals surface area contributed by atoms with E-state index in [1.54, 1.807) is 0 Å². The Hall–Kier alpha value is -0.870. The van der Waals surface area contributed by atoms with Gasteiger partial charge >= 0.3 is 0 Å². The van der Waals surface area contributed by atoms with Crippen LogP contribution in [0.15, 0.2) is 12.2 Å². The van der Waals surface area contributed by atoms with Crippen molar-refractivity contribution in [3.05, 3.63) is 12.2 Å². The van der Waals surface area contributed by atoms with E-state index in [0.29, 0.717) is 18.9 Å². The lowest BCUT2D eigenvalue weighted by molar-refractivity contribution is -0.132. The topological polar surface area (TPSA) is 41.6 Å². The summed E-state index contributed by atoms with van der Waals surface area (Å²) in [5, 5.41) is 3.28. The predicted octanol–water partition coefficient (Wildman–Crippen LogP) is 0.789. The van der Waals surface area contributed by atoms with Crippen molar-refractivity contribution >= 4 is 5.91 Å². The normalized spacial score (nSPS) is 28.3. The Morgan fingerprint density at radius 3 is 3.12 bits per heavy atom. The number of amides is 1. The fourth-order valence-corrected chi connectivity index (χ4v) is 2.39. The van der Waals surface area contributed by atoms with Crippen LogP contribution >= 0.6 is 0 Å². The Morgan fingerprint density at radius 1 is 1.59 bits per heavy atom. The lowest BCUT2D eigenvalue weighted by Crippen LogP contribution is -2.45. The maximum Gasteiger partial charge on any atom is 0.222 e. The summed E-state index contributed by atoms with van der Waals surface area (Å²) >= 11 is 0. The summed E-state index contributed by atoms with van der Waals surface area (Å²) in [6, 6.07) is 0. The number of hydrogen-bond acceptors (Lipinski definition) is 3. The molecule has 0 spiro atoms. The highest BCUT2D eigenvalue weighted by atomic mass is 16.5. The highest BCUT2D eigenvalue weighted by molar-refractivity contribution is 5.76. The van der Waals surface area contributed by atoms with E-state index in [4.69, 9.17) is 4.74 Å². The van der Waals surface area contributed by atoms with Gasteiger partial charge in [0, 0.05) is 33.1 Å². The van der Waals surface area contributed by atoms with Gasteiger partial charge in [-0.2, -0.15) is 0 Å². The number of carbonyl (C=O) groups excluding carboxylic acids is 1. The minimum atomic E-state index is 0.150. The molecule has 1 aliphatic carbocycles. The summed E-state index contributed by atoms with van der Waals surface area (Å²) < 4.78 is 5.60. The van der Waals surface area contributed by atoms with Gasteiger partial charge in [-0.15, -0.1) is 0 Å². The zero-order valence-corrected chi connectivity index (χ0v) is 10.5. The van der Waals surface area contributed by atoms with Gasteiger partial charge in [0.2, 0.25) is 5.91 Å². The molecular formula is C13H22N2O2. The van der Waals surface area contributed by atoms with Crippen LogP contribution in [-0.2, 0) is 9.53 Å². The quantitative estimate of drug-likeness (QED) is 0.736. The van der Waals surface area contributed by atoms with E-state index in [1.165, 1.54) is 0 Å². The third-order valence-electron chi connectivity index (χ3n) is 3.46. The van der Waals surface area contributed by atoms with Gasteiger partial charge in [-0.25, -0.2) is 0 Å². The van der Waals surface area contributed by atoms with Crippen molar-refractivity contribution in [1.82, 2.24) is 10.2 Å². The summed E-state index contributed by atoms with van der Waals surface area (Å²) in [5.41, 5.74) is 0. The average Bonchev–Trinajstić information content (AvgIpc) is 2.83. The number of allylic oxidation sites excluding steroid dienone is 2. The van der Waals surface area contributed by atoms with E-state index in [-0.39, 0.29) is 12.0 Å². The van der Waals surface area contributed by atoms with Crippen LogP contribution in [0.3, 0.4) is 0 Å². The van der Waals surface area contributed by atoms with E-state index in [2.05, 4.69) is 17.5 Å². The summed E-state index contributed by atoms with van der Waals surface area (Å²) in [4.78, 5) is 13.8. The molecule has 0 aromatic carbocycles. The smallest absolute Gasteiger partial charge is 0.222 e. The largest absolute Gasteiger partial charge is 0.374 e. The Bertz CT molecular complexity index is 285. The molecule has 0 bridgehead atoms. The van der Waals surface area contributed by atoms with Crippen molar-refractivity contribution in [2.45, 2.75) is 25.4 Å². The van der Waals surface area contributed by atoms with Crippen molar-refractivity contribution < 1.29 is 9.53 Å². The first-order valence-electron chi connectivity index (χ1n) is 6.48. The summed E-state index contributed by atoms with van der Waals surface area (Å²) in [5.74, 6) is 0.686. The average molecular weight is 238 g/mol. The number of likely N-dealkylation sites (N-methyl/N-ethyl adjacent to an activating group) is 1. The second-order valence-corrected chi connectivity index (χ2v) is 4.94. The van der Waals surface area contributed by atoms with Crippen molar-refractivity contribution in [2.24, 2.45) is 5.92 Å². The predicted molar refractivity (Wildman–Crippen MR) is 66.7 cm³/mol. The second-order valence-electron chi connectivity index (χ2n) is 4.94. The van der Waals surface area contributed by atoms with Gasteiger partial charge in [-0.1, -0.05) is 12.2 Å². The molecule has 1 amide bonds. The number of ether oxygens (including phenoxy) is 1. The van der Waals surface area contributed by atoms with Crippen LogP contribution in [0, 0.1) is 5.92 Å². The Kier molecular flexibility index (Phi) is 4.57. The first kappa shape index (κ1) is 12.6. The summed E-state index contributed by atoms with van der Waals surface area (Å²) in [6.45, 7) is 3.21. The van der Waals surface area contributed by atoms with Crippen molar-refractivity contribution in [2.75, 3.05) is 33.3 Å². The molecular weight excluding hydrogens is 216 g/mol. The number of carbonyl (C=O) groups is 1.